The molecule has 0 fully saturated rings. The van der Waals surface area contributed by atoms with E-state index in [9.17, 15) is 13.6 Å². The van der Waals surface area contributed by atoms with Crippen molar-refractivity contribution in [3.8, 4) is 0 Å². The first-order valence-electron chi connectivity index (χ1n) is 8.57. The molecule has 0 saturated carbocycles. The molecule has 1 aromatic heterocycles. The highest BCUT2D eigenvalue weighted by atomic mass is 19.3. The molecule has 0 radical (unpaired) electrons. The van der Waals surface area contributed by atoms with E-state index in [1.807, 2.05) is 13.8 Å². The minimum atomic E-state index is -3.02. The molecule has 1 unspecified atom stereocenters. The third-order valence-corrected chi connectivity index (χ3v) is 4.02. The predicted octanol–water partition coefficient (Wildman–Crippen LogP) is 3.48. The van der Waals surface area contributed by atoms with Gasteiger partial charge in [-0.15, -0.1) is 0 Å². The molecule has 2 N–H and O–H groups in total. The highest BCUT2D eigenvalue weighted by molar-refractivity contribution is 5.81. The van der Waals surface area contributed by atoms with Crippen molar-refractivity contribution in [2.45, 2.75) is 77.3 Å². The lowest BCUT2D eigenvalue weighted by atomic mass is 10.0. The molecule has 1 atom stereocenters. The number of rotatable bonds is 11. The fourth-order valence-electron chi connectivity index (χ4n) is 2.45. The number of hydrogen-bond donors (Lipinski definition) is 1. The highest BCUT2D eigenvalue weighted by Gasteiger charge is 2.46. The number of halogens is 2. The van der Waals surface area contributed by atoms with Crippen LogP contribution in [0, 0.1) is 0 Å². The van der Waals surface area contributed by atoms with E-state index in [1.54, 1.807) is 6.20 Å². The number of imidazole rings is 1. The lowest BCUT2D eigenvalue weighted by Gasteiger charge is -2.27. The fraction of sp³-hybridized carbons (Fsp3) is 0.765. The third kappa shape index (κ3) is 5.54. The summed E-state index contributed by atoms with van der Waals surface area (Å²) in [4.78, 5) is 16.1. The molecule has 7 heteroatoms. The molecule has 5 nitrogen and oxygen atoms in total. The van der Waals surface area contributed by atoms with Gasteiger partial charge in [0.15, 0.2) is 5.54 Å². The molecule has 1 aromatic rings. The number of aromatic nitrogens is 2. The van der Waals surface area contributed by atoms with Gasteiger partial charge >= 0.3 is 5.97 Å². The Morgan fingerprint density at radius 2 is 2.00 bits per heavy atom. The van der Waals surface area contributed by atoms with Crippen molar-refractivity contribution in [2.75, 3.05) is 6.61 Å². The Hall–Kier alpha value is -1.50. The quantitative estimate of drug-likeness (QED) is 0.492. The number of hydrogen-bond acceptors (Lipinski definition) is 4. The summed E-state index contributed by atoms with van der Waals surface area (Å²) < 4.78 is 33.5. The molecule has 1 rings (SSSR count). The van der Waals surface area contributed by atoms with E-state index in [1.165, 1.54) is 10.9 Å². The van der Waals surface area contributed by atoms with Crippen LogP contribution < -0.4 is 5.73 Å². The molecule has 0 spiro atoms. The Morgan fingerprint density at radius 3 is 2.58 bits per heavy atom. The monoisotopic (exact) mass is 345 g/mol. The van der Waals surface area contributed by atoms with Gasteiger partial charge in [0, 0.05) is 11.9 Å². The van der Waals surface area contributed by atoms with Gasteiger partial charge in [0.25, 0.3) is 6.43 Å². The van der Waals surface area contributed by atoms with Gasteiger partial charge in [-0.1, -0.05) is 46.5 Å². The SMILES string of the molecule is CCCCCCCOC(=O)C(N)(Cn1cncc1C(C)C)C(F)F. The topological polar surface area (TPSA) is 70.1 Å². The molecule has 0 bridgehead atoms. The number of carbonyl (C=O) groups is 1. The van der Waals surface area contributed by atoms with Crippen molar-refractivity contribution in [1.29, 1.82) is 0 Å². The first-order chi connectivity index (χ1) is 11.3. The zero-order chi connectivity index (χ0) is 18.2. The summed E-state index contributed by atoms with van der Waals surface area (Å²) in [5.41, 5.74) is 4.11. The van der Waals surface area contributed by atoms with Crippen LogP contribution in [0.5, 0.6) is 0 Å². The van der Waals surface area contributed by atoms with Gasteiger partial charge in [-0.2, -0.15) is 0 Å². The number of alkyl halides is 2. The Morgan fingerprint density at radius 1 is 1.33 bits per heavy atom. The molecule has 0 aromatic carbocycles. The average molecular weight is 345 g/mol. The van der Waals surface area contributed by atoms with Crippen LogP contribution in [0.15, 0.2) is 12.5 Å². The second-order valence-electron chi connectivity index (χ2n) is 6.49. The smallest absolute Gasteiger partial charge is 0.334 e. The van der Waals surface area contributed by atoms with Gasteiger partial charge in [0.2, 0.25) is 0 Å². The minimum Gasteiger partial charge on any atom is -0.464 e. The van der Waals surface area contributed by atoms with E-state index in [4.69, 9.17) is 10.5 Å². The molecule has 0 aliphatic heterocycles. The maximum absolute atomic E-state index is 13.5. The van der Waals surface area contributed by atoms with Crippen LogP contribution in [0.3, 0.4) is 0 Å². The van der Waals surface area contributed by atoms with Crippen molar-refractivity contribution < 1.29 is 18.3 Å². The summed E-state index contributed by atoms with van der Waals surface area (Å²) in [6.07, 6.45) is 4.83. The normalized spacial score (nSPS) is 14.2. The van der Waals surface area contributed by atoms with E-state index in [0.717, 1.165) is 31.4 Å². The second-order valence-corrected chi connectivity index (χ2v) is 6.49. The lowest BCUT2D eigenvalue weighted by molar-refractivity contribution is -0.157. The summed E-state index contributed by atoms with van der Waals surface area (Å²) in [6, 6.07) is 0. The zero-order valence-corrected chi connectivity index (χ0v) is 14.8. The summed E-state index contributed by atoms with van der Waals surface area (Å²) in [5, 5.41) is 0. The second kappa shape index (κ2) is 9.71. The van der Waals surface area contributed by atoms with Gasteiger partial charge in [-0.25, -0.2) is 18.6 Å². The van der Waals surface area contributed by atoms with Crippen LogP contribution in [0.1, 0.15) is 64.5 Å². The lowest BCUT2D eigenvalue weighted by Crippen LogP contribution is -2.58. The van der Waals surface area contributed by atoms with E-state index >= 15 is 0 Å². The number of carbonyl (C=O) groups excluding carboxylic acids is 1. The Kier molecular flexibility index (Phi) is 8.31. The van der Waals surface area contributed by atoms with Crippen LogP contribution in [0.2, 0.25) is 0 Å². The molecule has 138 valence electrons. The number of unbranched alkanes of at least 4 members (excludes halogenated alkanes) is 4. The average Bonchev–Trinajstić information content (AvgIpc) is 2.98. The minimum absolute atomic E-state index is 0.0870. The summed E-state index contributed by atoms with van der Waals surface area (Å²) >= 11 is 0. The van der Waals surface area contributed by atoms with Crippen LogP contribution in [0.25, 0.3) is 0 Å². The maximum atomic E-state index is 13.5. The number of esters is 1. The molecule has 1 heterocycles. The molecule has 0 amide bonds. The number of nitrogens with zero attached hydrogens (tertiary/aromatic N) is 2. The molecule has 24 heavy (non-hydrogen) atoms. The number of nitrogens with two attached hydrogens (primary N) is 1. The Balaban J connectivity index is 2.66. The van der Waals surface area contributed by atoms with Gasteiger partial charge in [-0.05, 0) is 12.3 Å². The molecule has 0 aliphatic rings. The number of ether oxygens (including phenoxy) is 1. The predicted molar refractivity (Wildman–Crippen MR) is 89.0 cm³/mol. The van der Waals surface area contributed by atoms with E-state index in [-0.39, 0.29) is 19.1 Å². The maximum Gasteiger partial charge on any atom is 0.334 e. The van der Waals surface area contributed by atoms with Crippen molar-refractivity contribution in [2.24, 2.45) is 5.73 Å². The molecule has 0 saturated heterocycles. The van der Waals surface area contributed by atoms with Gasteiger partial charge < -0.3 is 15.0 Å². The Bertz CT molecular complexity index is 506. The first kappa shape index (κ1) is 20.5. The van der Waals surface area contributed by atoms with Crippen molar-refractivity contribution in [3.63, 3.8) is 0 Å². The van der Waals surface area contributed by atoms with Crippen LogP contribution in [0.4, 0.5) is 8.78 Å². The fourth-order valence-corrected chi connectivity index (χ4v) is 2.45. The van der Waals surface area contributed by atoms with Crippen molar-refractivity contribution in [1.82, 2.24) is 9.55 Å². The first-order valence-corrected chi connectivity index (χ1v) is 8.57. The van der Waals surface area contributed by atoms with Crippen LogP contribution in [-0.2, 0) is 16.1 Å². The standard InChI is InChI=1S/C17H29F2N3O2/c1-4-5-6-7-8-9-24-16(23)17(20,15(18)19)11-22-12-21-10-14(22)13(2)3/h10,12-13,15H,4-9,11,20H2,1-3H3. The Labute approximate surface area is 142 Å². The van der Waals surface area contributed by atoms with Gasteiger partial charge in [0.05, 0.1) is 19.5 Å². The third-order valence-electron chi connectivity index (χ3n) is 4.02. The molecular weight excluding hydrogens is 316 g/mol. The van der Waals surface area contributed by atoms with E-state index in [2.05, 4.69) is 11.9 Å². The van der Waals surface area contributed by atoms with Crippen LogP contribution >= 0.6 is 0 Å². The molecule has 0 aliphatic carbocycles. The van der Waals surface area contributed by atoms with Crippen molar-refractivity contribution >= 4 is 5.97 Å². The van der Waals surface area contributed by atoms with Gasteiger partial charge in [-0.3, -0.25) is 0 Å². The van der Waals surface area contributed by atoms with E-state index in [0.29, 0.717) is 6.42 Å². The zero-order valence-electron chi connectivity index (χ0n) is 14.8. The van der Waals surface area contributed by atoms with Crippen molar-refractivity contribution in [3.05, 3.63) is 18.2 Å². The van der Waals surface area contributed by atoms with Crippen LogP contribution in [-0.4, -0.2) is 34.1 Å². The largest absolute Gasteiger partial charge is 0.464 e. The molecular formula is C17H29F2N3O2. The summed E-state index contributed by atoms with van der Waals surface area (Å²) in [7, 11) is 0. The summed E-state index contributed by atoms with van der Waals surface area (Å²) in [5.74, 6) is -0.972. The highest BCUT2D eigenvalue weighted by Crippen LogP contribution is 2.21. The van der Waals surface area contributed by atoms with E-state index < -0.39 is 17.9 Å². The van der Waals surface area contributed by atoms with Gasteiger partial charge in [0.1, 0.15) is 0 Å². The summed E-state index contributed by atoms with van der Waals surface area (Å²) in [6.45, 7) is 5.71.